The Morgan fingerprint density at radius 3 is 2.06 bits per heavy atom. The van der Waals surface area contributed by atoms with Crippen molar-refractivity contribution in [3.63, 3.8) is 0 Å². The van der Waals surface area contributed by atoms with Crippen LogP contribution in [0.25, 0.3) is 0 Å². The largest absolute Gasteiger partial charge is 2.00 e. The van der Waals surface area contributed by atoms with Gasteiger partial charge in [0, 0.05) is 5.41 Å². The molecule has 0 radical (unpaired) electrons. The molecule has 1 aliphatic heterocycles. The van der Waals surface area contributed by atoms with Crippen LogP contribution in [0.2, 0.25) is 0 Å². The van der Waals surface area contributed by atoms with Crippen molar-refractivity contribution in [2.24, 2.45) is 5.41 Å². The molecule has 16 heavy (non-hydrogen) atoms. The second-order valence-corrected chi connectivity index (χ2v) is 3.82. The Bertz CT molecular complexity index is 381. The van der Waals surface area contributed by atoms with Crippen molar-refractivity contribution in [2.45, 2.75) is 13.8 Å². The van der Waals surface area contributed by atoms with Crippen molar-refractivity contribution in [3.8, 4) is 0 Å². The topological polar surface area (TPSA) is 101 Å². The van der Waals surface area contributed by atoms with Gasteiger partial charge in [0.2, 0.25) is 0 Å². The summed E-state index contributed by atoms with van der Waals surface area (Å²) in [4.78, 5) is 32.8. The number of carbonyl (C=O) groups excluding carboxylic acids is 1. The monoisotopic (exact) mass is 254 g/mol. The minimum absolute atomic E-state index is 0. The first-order valence-electron chi connectivity index (χ1n) is 4.16. The summed E-state index contributed by atoms with van der Waals surface area (Å²) < 4.78 is 4.61. The standard InChI is InChI=1S/C9H10O6.Ca/c1-9(2)3-15-8(14)4(6(10)11)5(9)7(12)13;/h3H2,1-2H3,(H,10,11)(H,12,13);/q;+2. The summed E-state index contributed by atoms with van der Waals surface area (Å²) in [6.45, 7) is 2.88. The summed E-state index contributed by atoms with van der Waals surface area (Å²) in [6, 6.07) is 0. The van der Waals surface area contributed by atoms with Gasteiger partial charge in [0.25, 0.3) is 0 Å². The van der Waals surface area contributed by atoms with Crippen LogP contribution in [0.4, 0.5) is 0 Å². The molecule has 6 nitrogen and oxygen atoms in total. The van der Waals surface area contributed by atoms with Crippen molar-refractivity contribution >= 4 is 55.6 Å². The van der Waals surface area contributed by atoms with Gasteiger partial charge in [-0.1, -0.05) is 13.8 Å². The number of aliphatic carboxylic acids is 2. The van der Waals surface area contributed by atoms with Crippen LogP contribution >= 0.6 is 0 Å². The third kappa shape index (κ3) is 2.75. The third-order valence-electron chi connectivity index (χ3n) is 2.12. The van der Waals surface area contributed by atoms with Crippen molar-refractivity contribution in [1.82, 2.24) is 0 Å². The Morgan fingerprint density at radius 1 is 1.25 bits per heavy atom. The number of cyclic esters (lactones) is 1. The summed E-state index contributed by atoms with van der Waals surface area (Å²) in [5.74, 6) is -4.08. The fraction of sp³-hybridized carbons (Fsp3) is 0.444. The van der Waals surface area contributed by atoms with E-state index in [1.807, 2.05) is 0 Å². The van der Waals surface area contributed by atoms with Gasteiger partial charge in [-0.2, -0.15) is 0 Å². The van der Waals surface area contributed by atoms with Gasteiger partial charge in [0.1, 0.15) is 6.61 Å². The van der Waals surface area contributed by atoms with Gasteiger partial charge in [-0.05, 0) is 0 Å². The molecule has 0 fully saturated rings. The number of ether oxygens (including phenoxy) is 1. The number of hydrogen-bond donors (Lipinski definition) is 2. The number of rotatable bonds is 2. The maximum absolute atomic E-state index is 11.1. The molecule has 0 bridgehead atoms. The molecule has 0 unspecified atom stereocenters. The fourth-order valence-corrected chi connectivity index (χ4v) is 1.42. The number of carboxylic acid groups (broad SMARTS) is 2. The molecule has 0 atom stereocenters. The second-order valence-electron chi connectivity index (χ2n) is 3.82. The minimum Gasteiger partial charge on any atom is -0.478 e. The quantitative estimate of drug-likeness (QED) is 0.397. The van der Waals surface area contributed by atoms with Crippen LogP contribution in [0.5, 0.6) is 0 Å². The van der Waals surface area contributed by atoms with E-state index in [2.05, 4.69) is 4.74 Å². The molecule has 0 spiro atoms. The summed E-state index contributed by atoms with van der Waals surface area (Å²) in [6.07, 6.45) is 0. The Kier molecular flexibility index (Phi) is 4.97. The van der Waals surface area contributed by atoms with Gasteiger partial charge in [0.05, 0.1) is 5.57 Å². The molecule has 0 aliphatic carbocycles. The first-order valence-corrected chi connectivity index (χ1v) is 4.16. The van der Waals surface area contributed by atoms with E-state index in [0.717, 1.165) is 0 Å². The summed E-state index contributed by atoms with van der Waals surface area (Å²) >= 11 is 0. The van der Waals surface area contributed by atoms with Gasteiger partial charge in [-0.15, -0.1) is 0 Å². The van der Waals surface area contributed by atoms with E-state index < -0.39 is 34.5 Å². The smallest absolute Gasteiger partial charge is 0.478 e. The van der Waals surface area contributed by atoms with Crippen LogP contribution in [0.1, 0.15) is 13.8 Å². The maximum Gasteiger partial charge on any atom is 2.00 e. The molecule has 82 valence electrons. The Hall–Kier alpha value is -0.590. The number of hydrogen-bond acceptors (Lipinski definition) is 4. The van der Waals surface area contributed by atoms with Crippen LogP contribution < -0.4 is 0 Å². The van der Waals surface area contributed by atoms with Crippen LogP contribution in [0, 0.1) is 5.41 Å². The van der Waals surface area contributed by atoms with Gasteiger partial charge in [-0.25, -0.2) is 14.4 Å². The zero-order chi connectivity index (χ0) is 11.8. The third-order valence-corrected chi connectivity index (χ3v) is 2.12. The molecule has 1 rings (SSSR count). The van der Waals surface area contributed by atoms with E-state index >= 15 is 0 Å². The zero-order valence-electron chi connectivity index (χ0n) is 8.94. The average molecular weight is 254 g/mol. The molecule has 1 aliphatic rings. The van der Waals surface area contributed by atoms with E-state index in [1.54, 1.807) is 0 Å². The van der Waals surface area contributed by atoms with Crippen molar-refractivity contribution < 1.29 is 29.3 Å². The first kappa shape index (κ1) is 15.4. The molecule has 0 saturated heterocycles. The Balaban J connectivity index is 0.00000225. The van der Waals surface area contributed by atoms with E-state index in [0.29, 0.717) is 0 Å². The molecule has 0 amide bonds. The van der Waals surface area contributed by atoms with Crippen LogP contribution in [-0.4, -0.2) is 72.5 Å². The summed E-state index contributed by atoms with van der Waals surface area (Å²) in [5.41, 5.74) is -2.20. The van der Waals surface area contributed by atoms with E-state index in [1.165, 1.54) is 13.8 Å². The number of carbonyl (C=O) groups is 3. The van der Waals surface area contributed by atoms with E-state index in [4.69, 9.17) is 10.2 Å². The second kappa shape index (κ2) is 5.16. The SMILES string of the molecule is CC1(C)COC(=O)C(C(=O)O)=C1C(=O)O.[Ca+2]. The Morgan fingerprint density at radius 2 is 1.75 bits per heavy atom. The van der Waals surface area contributed by atoms with E-state index in [9.17, 15) is 14.4 Å². The molecular formula is C9H10CaO6+2. The molecule has 0 aromatic carbocycles. The zero-order valence-corrected chi connectivity index (χ0v) is 11.2. The van der Waals surface area contributed by atoms with Gasteiger partial charge >= 0.3 is 55.6 Å². The molecular weight excluding hydrogens is 244 g/mol. The van der Waals surface area contributed by atoms with Gasteiger partial charge < -0.3 is 14.9 Å². The predicted octanol–water partition coefficient (Wildman–Crippen LogP) is -0.346. The van der Waals surface area contributed by atoms with E-state index in [-0.39, 0.29) is 44.3 Å². The van der Waals surface area contributed by atoms with Crippen molar-refractivity contribution in [1.29, 1.82) is 0 Å². The molecule has 2 N–H and O–H groups in total. The summed E-state index contributed by atoms with van der Waals surface area (Å²) in [5, 5.41) is 17.6. The van der Waals surface area contributed by atoms with Crippen LogP contribution in [0.3, 0.4) is 0 Å². The van der Waals surface area contributed by atoms with Gasteiger partial charge in [0.15, 0.2) is 5.57 Å². The molecule has 0 aromatic rings. The van der Waals surface area contributed by atoms with Gasteiger partial charge in [-0.3, -0.25) is 0 Å². The Labute approximate surface area is 121 Å². The fourth-order valence-electron chi connectivity index (χ4n) is 1.42. The molecule has 7 heteroatoms. The average Bonchev–Trinajstić information content (AvgIpc) is 2.07. The number of carboxylic acids is 2. The normalized spacial score (nSPS) is 18.5. The van der Waals surface area contributed by atoms with Crippen LogP contribution in [0.15, 0.2) is 11.1 Å². The van der Waals surface area contributed by atoms with Crippen LogP contribution in [-0.2, 0) is 19.1 Å². The molecule has 0 aromatic heterocycles. The first-order chi connectivity index (χ1) is 6.77. The molecule has 0 saturated carbocycles. The predicted molar refractivity (Wildman–Crippen MR) is 52.8 cm³/mol. The number of esters is 1. The maximum atomic E-state index is 11.1. The van der Waals surface area contributed by atoms with Crippen molar-refractivity contribution in [3.05, 3.63) is 11.1 Å². The van der Waals surface area contributed by atoms with Crippen molar-refractivity contribution in [2.75, 3.05) is 6.61 Å². The minimum atomic E-state index is -1.58. The summed E-state index contributed by atoms with van der Waals surface area (Å²) in [7, 11) is 0. The molecule has 1 heterocycles.